The molecular formula is C23H27N3O3. The van der Waals surface area contributed by atoms with Gasteiger partial charge in [0.1, 0.15) is 5.82 Å². The zero-order valence-electron chi connectivity index (χ0n) is 17.0. The van der Waals surface area contributed by atoms with Gasteiger partial charge >= 0.3 is 11.7 Å². The van der Waals surface area contributed by atoms with Crippen molar-refractivity contribution in [3.8, 4) is 11.1 Å². The number of hydrogen-bond acceptors (Lipinski definition) is 3. The molecule has 152 valence electrons. The molecule has 0 saturated heterocycles. The molecule has 3 rings (SSSR count). The molecule has 0 spiro atoms. The smallest absolute Gasteiger partial charge is 0.346 e. The predicted molar refractivity (Wildman–Crippen MR) is 113 cm³/mol. The van der Waals surface area contributed by atoms with E-state index < -0.39 is 5.97 Å². The van der Waals surface area contributed by atoms with Crippen LogP contribution < -0.4 is 5.69 Å². The first-order chi connectivity index (χ1) is 14.0. The van der Waals surface area contributed by atoms with Crippen molar-refractivity contribution in [1.82, 2.24) is 14.3 Å². The first kappa shape index (κ1) is 20.6. The molecular weight excluding hydrogens is 366 g/mol. The molecule has 1 N–H and O–H groups in total. The molecule has 0 radical (unpaired) electrons. The summed E-state index contributed by atoms with van der Waals surface area (Å²) in [6, 6.07) is 14.7. The van der Waals surface area contributed by atoms with E-state index in [0.29, 0.717) is 18.7 Å². The van der Waals surface area contributed by atoms with E-state index >= 15 is 0 Å². The van der Waals surface area contributed by atoms with E-state index in [-0.39, 0.29) is 11.3 Å². The molecule has 29 heavy (non-hydrogen) atoms. The van der Waals surface area contributed by atoms with Gasteiger partial charge in [-0.15, -0.1) is 0 Å². The summed E-state index contributed by atoms with van der Waals surface area (Å²) < 4.78 is 3.31. The molecule has 0 atom stereocenters. The number of aromatic carboxylic acids is 1. The molecule has 2 aromatic carbocycles. The van der Waals surface area contributed by atoms with Crippen molar-refractivity contribution in [2.45, 2.75) is 52.6 Å². The highest BCUT2D eigenvalue weighted by atomic mass is 16.4. The normalized spacial score (nSPS) is 11.0. The van der Waals surface area contributed by atoms with Crippen molar-refractivity contribution in [1.29, 1.82) is 0 Å². The van der Waals surface area contributed by atoms with E-state index in [9.17, 15) is 14.7 Å². The fraction of sp³-hybridized carbons (Fsp3) is 0.348. The quantitative estimate of drug-likeness (QED) is 0.591. The van der Waals surface area contributed by atoms with Gasteiger partial charge in [0.15, 0.2) is 0 Å². The van der Waals surface area contributed by atoms with Crippen LogP contribution in [0.3, 0.4) is 0 Å². The van der Waals surface area contributed by atoms with Crippen LogP contribution in [-0.2, 0) is 19.5 Å². The zero-order chi connectivity index (χ0) is 20.8. The highest BCUT2D eigenvalue weighted by Gasteiger charge is 2.14. The molecule has 0 amide bonds. The summed E-state index contributed by atoms with van der Waals surface area (Å²) in [5, 5.41) is 13.9. The van der Waals surface area contributed by atoms with Gasteiger partial charge in [0.25, 0.3) is 0 Å². The van der Waals surface area contributed by atoms with E-state index in [1.54, 1.807) is 27.4 Å². The van der Waals surface area contributed by atoms with Crippen LogP contribution in [0.1, 0.15) is 54.9 Å². The summed E-state index contributed by atoms with van der Waals surface area (Å²) in [4.78, 5) is 24.2. The number of carboxylic acid groups (broad SMARTS) is 1. The van der Waals surface area contributed by atoms with E-state index in [1.807, 2.05) is 37.3 Å². The minimum Gasteiger partial charge on any atom is -0.478 e. The Balaban J connectivity index is 1.89. The number of aromatic nitrogens is 3. The molecule has 1 aromatic heterocycles. The maximum atomic E-state index is 12.8. The molecule has 0 aliphatic carbocycles. The minimum atomic E-state index is -0.944. The number of benzene rings is 2. The molecule has 6 heteroatoms. The molecule has 0 aliphatic heterocycles. The van der Waals surface area contributed by atoms with Gasteiger partial charge in [-0.05, 0) is 35.6 Å². The van der Waals surface area contributed by atoms with Gasteiger partial charge in [0.2, 0.25) is 0 Å². The minimum absolute atomic E-state index is 0.0711. The lowest BCUT2D eigenvalue weighted by atomic mass is 9.99. The largest absolute Gasteiger partial charge is 0.478 e. The van der Waals surface area contributed by atoms with Crippen molar-refractivity contribution in [2.75, 3.05) is 0 Å². The Morgan fingerprint density at radius 1 is 1.03 bits per heavy atom. The summed E-state index contributed by atoms with van der Waals surface area (Å²) in [6.07, 6.45) is 3.69. The molecule has 0 bridgehead atoms. The van der Waals surface area contributed by atoms with Crippen LogP contribution in [-0.4, -0.2) is 25.4 Å². The Labute approximate surface area is 170 Å². The van der Waals surface area contributed by atoms with E-state index in [1.165, 1.54) is 0 Å². The number of hydrogen-bond donors (Lipinski definition) is 1. The molecule has 6 nitrogen and oxygen atoms in total. The number of carbonyl (C=O) groups is 1. The number of nitrogens with zero attached hydrogens (tertiary/aromatic N) is 3. The Kier molecular flexibility index (Phi) is 6.65. The standard InChI is InChI=1S/C23H27N3O3/c1-3-5-10-21-24-26(15-4-2)23(29)25(21)16-17-11-13-18(14-12-17)19-8-6-7-9-20(19)22(27)28/h6-9,11-14H,3-5,10,15-16H2,1-2H3,(H,27,28). The second-order valence-corrected chi connectivity index (χ2v) is 7.16. The van der Waals surface area contributed by atoms with Crippen molar-refractivity contribution in [2.24, 2.45) is 0 Å². The first-order valence-electron chi connectivity index (χ1n) is 10.1. The Morgan fingerprint density at radius 2 is 1.76 bits per heavy atom. The molecule has 1 heterocycles. The molecule has 3 aromatic rings. The summed E-state index contributed by atoms with van der Waals surface area (Å²) in [6.45, 7) is 5.24. The zero-order valence-corrected chi connectivity index (χ0v) is 17.0. The molecule has 0 fully saturated rings. The Hall–Kier alpha value is -3.15. The summed E-state index contributed by atoms with van der Waals surface area (Å²) in [5.41, 5.74) is 2.71. The van der Waals surface area contributed by atoms with E-state index in [2.05, 4.69) is 12.0 Å². The predicted octanol–water partition coefficient (Wildman–Crippen LogP) is 4.21. The third kappa shape index (κ3) is 4.65. The molecule has 0 aliphatic rings. The third-order valence-electron chi connectivity index (χ3n) is 4.95. The monoisotopic (exact) mass is 393 g/mol. The topological polar surface area (TPSA) is 77.1 Å². The van der Waals surface area contributed by atoms with Crippen LogP contribution in [0, 0.1) is 0 Å². The maximum Gasteiger partial charge on any atom is 0.346 e. The van der Waals surface area contributed by atoms with Gasteiger partial charge in [-0.1, -0.05) is 62.7 Å². The van der Waals surface area contributed by atoms with Gasteiger partial charge < -0.3 is 5.11 Å². The number of carboxylic acids is 1. The van der Waals surface area contributed by atoms with Gasteiger partial charge in [0.05, 0.1) is 12.1 Å². The van der Waals surface area contributed by atoms with Crippen molar-refractivity contribution < 1.29 is 9.90 Å². The van der Waals surface area contributed by atoms with Gasteiger partial charge in [-0.25, -0.2) is 14.3 Å². The van der Waals surface area contributed by atoms with Gasteiger partial charge in [-0.2, -0.15) is 5.10 Å². The SMILES string of the molecule is CCCCc1nn(CCC)c(=O)n1Cc1ccc(-c2ccccc2C(=O)O)cc1. The second kappa shape index (κ2) is 9.37. The van der Waals surface area contributed by atoms with Gasteiger partial charge in [0, 0.05) is 13.0 Å². The van der Waals surface area contributed by atoms with Gasteiger partial charge in [-0.3, -0.25) is 4.57 Å². The van der Waals surface area contributed by atoms with Crippen molar-refractivity contribution >= 4 is 5.97 Å². The summed E-state index contributed by atoms with van der Waals surface area (Å²) in [7, 11) is 0. The Morgan fingerprint density at radius 3 is 2.41 bits per heavy atom. The number of unbranched alkanes of at least 4 members (excludes halogenated alkanes) is 1. The van der Waals surface area contributed by atoms with E-state index in [4.69, 9.17) is 0 Å². The van der Waals surface area contributed by atoms with Crippen LogP contribution in [0.15, 0.2) is 53.3 Å². The summed E-state index contributed by atoms with van der Waals surface area (Å²) >= 11 is 0. The lowest BCUT2D eigenvalue weighted by Gasteiger charge is -2.09. The average molecular weight is 393 g/mol. The number of aryl methyl sites for hydroxylation is 2. The first-order valence-corrected chi connectivity index (χ1v) is 10.1. The third-order valence-corrected chi connectivity index (χ3v) is 4.95. The van der Waals surface area contributed by atoms with Crippen LogP contribution >= 0.6 is 0 Å². The van der Waals surface area contributed by atoms with Crippen LogP contribution in [0.25, 0.3) is 11.1 Å². The summed E-state index contributed by atoms with van der Waals surface area (Å²) in [5.74, 6) is -0.120. The van der Waals surface area contributed by atoms with Crippen LogP contribution in [0.2, 0.25) is 0 Å². The van der Waals surface area contributed by atoms with E-state index in [0.717, 1.165) is 42.6 Å². The fourth-order valence-electron chi connectivity index (χ4n) is 3.42. The highest BCUT2D eigenvalue weighted by Crippen LogP contribution is 2.24. The maximum absolute atomic E-state index is 12.8. The van der Waals surface area contributed by atoms with Crippen molar-refractivity contribution in [3.63, 3.8) is 0 Å². The number of rotatable bonds is 9. The van der Waals surface area contributed by atoms with Crippen molar-refractivity contribution in [3.05, 3.63) is 76.0 Å². The van der Waals surface area contributed by atoms with Crippen LogP contribution in [0.5, 0.6) is 0 Å². The second-order valence-electron chi connectivity index (χ2n) is 7.16. The van der Waals surface area contributed by atoms with Crippen LogP contribution in [0.4, 0.5) is 0 Å². The molecule has 0 unspecified atom stereocenters. The highest BCUT2D eigenvalue weighted by molar-refractivity contribution is 5.95. The lowest BCUT2D eigenvalue weighted by molar-refractivity contribution is 0.0697. The molecule has 0 saturated carbocycles. The Bertz CT molecular complexity index is 1030. The average Bonchev–Trinajstić information content (AvgIpc) is 3.02. The fourth-order valence-corrected chi connectivity index (χ4v) is 3.42. The lowest BCUT2D eigenvalue weighted by Crippen LogP contribution is -2.26.